The minimum atomic E-state index is -0.420. The number of phenolic OH excluding ortho intramolecular Hbond substituents is 4. The van der Waals surface area contributed by atoms with Crippen molar-refractivity contribution in [3.05, 3.63) is 47.5 Å². The second-order valence-corrected chi connectivity index (χ2v) is 6.98. The minimum absolute atomic E-state index is 0.0519. The summed E-state index contributed by atoms with van der Waals surface area (Å²) in [6, 6.07) is 8.52. The van der Waals surface area contributed by atoms with E-state index in [-0.39, 0.29) is 22.6 Å². The molecule has 2 aromatic carbocycles. The van der Waals surface area contributed by atoms with Crippen LogP contribution in [0.1, 0.15) is 59.2 Å². The maximum Gasteiger partial charge on any atom is 0.255 e. The van der Waals surface area contributed by atoms with Gasteiger partial charge in [0, 0.05) is 13.1 Å². The molecule has 0 saturated carbocycles. The zero-order valence-electron chi connectivity index (χ0n) is 16.7. The Morgan fingerprint density at radius 1 is 0.600 bits per heavy atom. The SMILES string of the molecule is O=C(NCCCCCCCCNC(=O)c1cccc(O)c1O)c1cccc(O)c1O. The van der Waals surface area contributed by atoms with E-state index in [2.05, 4.69) is 10.6 Å². The first-order valence-electron chi connectivity index (χ1n) is 10.00. The Balaban J connectivity index is 1.51. The molecule has 30 heavy (non-hydrogen) atoms. The van der Waals surface area contributed by atoms with Crippen LogP contribution < -0.4 is 10.6 Å². The third kappa shape index (κ3) is 6.58. The molecule has 2 rings (SSSR count). The van der Waals surface area contributed by atoms with E-state index in [0.717, 1.165) is 38.5 Å². The summed E-state index contributed by atoms with van der Waals surface area (Å²) in [5.41, 5.74) is 0.104. The van der Waals surface area contributed by atoms with Gasteiger partial charge >= 0.3 is 0 Å². The molecule has 0 bridgehead atoms. The highest BCUT2D eigenvalue weighted by atomic mass is 16.3. The Hall–Kier alpha value is -3.42. The molecular formula is C22H28N2O6. The molecular weight excluding hydrogens is 388 g/mol. The molecule has 8 heteroatoms. The zero-order chi connectivity index (χ0) is 21.9. The number of rotatable bonds is 11. The predicted octanol–water partition coefficient (Wildman–Crippen LogP) is 3.01. The normalized spacial score (nSPS) is 10.5. The average Bonchev–Trinajstić information content (AvgIpc) is 2.73. The highest BCUT2D eigenvalue weighted by Crippen LogP contribution is 2.28. The average molecular weight is 416 g/mol. The molecule has 0 unspecified atom stereocenters. The first-order valence-corrected chi connectivity index (χ1v) is 10.00. The van der Waals surface area contributed by atoms with Crippen LogP contribution in [-0.4, -0.2) is 45.3 Å². The van der Waals surface area contributed by atoms with Crippen molar-refractivity contribution in [3.63, 3.8) is 0 Å². The summed E-state index contributed by atoms with van der Waals surface area (Å²) in [4.78, 5) is 24.0. The Morgan fingerprint density at radius 3 is 1.37 bits per heavy atom. The number of para-hydroxylation sites is 2. The van der Waals surface area contributed by atoms with Crippen molar-refractivity contribution in [2.24, 2.45) is 0 Å². The number of unbranched alkanes of at least 4 members (excludes halogenated alkanes) is 5. The van der Waals surface area contributed by atoms with Gasteiger partial charge in [0.2, 0.25) is 0 Å². The van der Waals surface area contributed by atoms with E-state index in [0.29, 0.717) is 13.1 Å². The number of aromatic hydroxyl groups is 4. The maximum absolute atomic E-state index is 12.0. The van der Waals surface area contributed by atoms with Crippen molar-refractivity contribution < 1.29 is 30.0 Å². The van der Waals surface area contributed by atoms with Crippen molar-refractivity contribution in [2.45, 2.75) is 38.5 Å². The van der Waals surface area contributed by atoms with E-state index in [4.69, 9.17) is 0 Å². The molecule has 2 amide bonds. The summed E-state index contributed by atoms with van der Waals surface area (Å²) in [5, 5.41) is 43.6. The van der Waals surface area contributed by atoms with Gasteiger partial charge in [0.05, 0.1) is 11.1 Å². The second-order valence-electron chi connectivity index (χ2n) is 6.98. The van der Waals surface area contributed by atoms with Gasteiger partial charge in [-0.3, -0.25) is 9.59 Å². The van der Waals surface area contributed by atoms with Gasteiger partial charge in [0.15, 0.2) is 23.0 Å². The minimum Gasteiger partial charge on any atom is -0.504 e. The number of hydrogen-bond donors (Lipinski definition) is 6. The first kappa shape index (κ1) is 22.9. The van der Waals surface area contributed by atoms with E-state index < -0.39 is 23.3 Å². The van der Waals surface area contributed by atoms with Crippen molar-refractivity contribution in [3.8, 4) is 23.0 Å². The molecule has 6 N–H and O–H groups in total. The molecule has 8 nitrogen and oxygen atoms in total. The van der Waals surface area contributed by atoms with Crippen LogP contribution in [0.2, 0.25) is 0 Å². The number of benzene rings is 2. The lowest BCUT2D eigenvalue weighted by atomic mass is 10.1. The monoisotopic (exact) mass is 416 g/mol. The summed E-state index contributed by atoms with van der Waals surface area (Å²) in [5.74, 6) is -2.31. The summed E-state index contributed by atoms with van der Waals surface area (Å²) in [6.45, 7) is 0.967. The predicted molar refractivity (Wildman–Crippen MR) is 112 cm³/mol. The smallest absolute Gasteiger partial charge is 0.255 e. The Kier molecular flexibility index (Phi) is 8.80. The van der Waals surface area contributed by atoms with Gasteiger partial charge in [0.1, 0.15) is 0 Å². The molecule has 0 aliphatic rings. The van der Waals surface area contributed by atoms with Crippen molar-refractivity contribution in [1.29, 1.82) is 0 Å². The lowest BCUT2D eigenvalue weighted by molar-refractivity contribution is 0.0940. The van der Waals surface area contributed by atoms with Crippen LogP contribution in [-0.2, 0) is 0 Å². The number of carbonyl (C=O) groups excluding carboxylic acids is 2. The molecule has 162 valence electrons. The highest BCUT2D eigenvalue weighted by Gasteiger charge is 2.14. The molecule has 0 atom stereocenters. The van der Waals surface area contributed by atoms with E-state index in [1.54, 1.807) is 0 Å². The van der Waals surface area contributed by atoms with Gasteiger partial charge in [-0.1, -0.05) is 37.8 Å². The second kappa shape index (κ2) is 11.5. The van der Waals surface area contributed by atoms with Crippen molar-refractivity contribution in [2.75, 3.05) is 13.1 Å². The van der Waals surface area contributed by atoms with Gasteiger partial charge in [-0.25, -0.2) is 0 Å². The third-order valence-electron chi connectivity index (χ3n) is 4.69. The Morgan fingerprint density at radius 2 is 0.967 bits per heavy atom. The van der Waals surface area contributed by atoms with E-state index in [1.165, 1.54) is 36.4 Å². The fourth-order valence-corrected chi connectivity index (χ4v) is 2.98. The zero-order valence-corrected chi connectivity index (χ0v) is 16.7. The van der Waals surface area contributed by atoms with Crippen molar-refractivity contribution in [1.82, 2.24) is 10.6 Å². The van der Waals surface area contributed by atoms with Gasteiger partial charge in [-0.2, -0.15) is 0 Å². The number of carbonyl (C=O) groups is 2. The fourth-order valence-electron chi connectivity index (χ4n) is 2.98. The molecule has 2 aromatic rings. The lowest BCUT2D eigenvalue weighted by Crippen LogP contribution is -2.24. The van der Waals surface area contributed by atoms with Gasteiger partial charge in [-0.05, 0) is 37.1 Å². The Labute approximate surface area is 175 Å². The van der Waals surface area contributed by atoms with Gasteiger partial charge in [0.25, 0.3) is 11.8 Å². The molecule has 0 spiro atoms. The fraction of sp³-hybridized carbons (Fsp3) is 0.364. The maximum atomic E-state index is 12.0. The Bertz CT molecular complexity index is 797. The molecule has 0 aliphatic carbocycles. The van der Waals surface area contributed by atoms with Crippen LogP contribution >= 0.6 is 0 Å². The van der Waals surface area contributed by atoms with E-state index >= 15 is 0 Å². The van der Waals surface area contributed by atoms with Gasteiger partial charge < -0.3 is 31.1 Å². The summed E-state index contributed by atoms with van der Waals surface area (Å²) in [7, 11) is 0. The number of nitrogens with one attached hydrogen (secondary N) is 2. The van der Waals surface area contributed by atoms with Crippen LogP contribution in [0, 0.1) is 0 Å². The molecule has 0 saturated heterocycles. The van der Waals surface area contributed by atoms with Crippen LogP contribution in [0.15, 0.2) is 36.4 Å². The van der Waals surface area contributed by atoms with E-state index in [1.807, 2.05) is 0 Å². The molecule has 0 heterocycles. The quantitative estimate of drug-likeness (QED) is 0.246. The summed E-state index contributed by atoms with van der Waals surface area (Å²) < 4.78 is 0. The lowest BCUT2D eigenvalue weighted by Gasteiger charge is -2.08. The molecule has 0 fully saturated rings. The first-order chi connectivity index (χ1) is 14.4. The molecule has 0 aliphatic heterocycles. The van der Waals surface area contributed by atoms with Crippen LogP contribution in [0.3, 0.4) is 0 Å². The van der Waals surface area contributed by atoms with Crippen LogP contribution in [0.25, 0.3) is 0 Å². The molecule has 0 radical (unpaired) electrons. The van der Waals surface area contributed by atoms with Crippen LogP contribution in [0.4, 0.5) is 0 Å². The standard InChI is InChI=1S/C22H28N2O6/c25-17-11-7-9-15(19(17)27)21(29)23-13-5-3-1-2-4-6-14-24-22(30)16-10-8-12-18(26)20(16)28/h7-12,25-28H,1-6,13-14H2,(H,23,29)(H,24,30). The largest absolute Gasteiger partial charge is 0.504 e. The summed E-state index contributed by atoms with van der Waals surface area (Å²) >= 11 is 0. The highest BCUT2D eigenvalue weighted by molar-refractivity contribution is 5.98. The van der Waals surface area contributed by atoms with E-state index in [9.17, 15) is 30.0 Å². The third-order valence-corrected chi connectivity index (χ3v) is 4.69. The summed E-state index contributed by atoms with van der Waals surface area (Å²) in [6.07, 6.45) is 5.48. The number of hydrogen-bond acceptors (Lipinski definition) is 6. The van der Waals surface area contributed by atoms with Crippen LogP contribution in [0.5, 0.6) is 23.0 Å². The molecule has 0 aromatic heterocycles. The topological polar surface area (TPSA) is 139 Å². The van der Waals surface area contributed by atoms with Gasteiger partial charge in [-0.15, -0.1) is 0 Å². The number of phenols is 4. The van der Waals surface area contributed by atoms with Crippen molar-refractivity contribution >= 4 is 11.8 Å². The number of amides is 2.